The van der Waals surface area contributed by atoms with Gasteiger partial charge in [0.25, 0.3) is 0 Å². The van der Waals surface area contributed by atoms with Crippen molar-refractivity contribution in [3.05, 3.63) is 0 Å². The summed E-state index contributed by atoms with van der Waals surface area (Å²) < 4.78 is 0. The summed E-state index contributed by atoms with van der Waals surface area (Å²) in [5.41, 5.74) is 0. The average molecular weight is 199 g/mol. The summed E-state index contributed by atoms with van der Waals surface area (Å²) >= 11 is 1.84. The molecule has 1 aliphatic rings. The van der Waals surface area contributed by atoms with Gasteiger partial charge in [-0.05, 0) is 37.9 Å². The van der Waals surface area contributed by atoms with Gasteiger partial charge in [0.2, 0.25) is 0 Å². The first-order valence-corrected chi connectivity index (χ1v) is 6.55. The molecular formula is C11H21NS. The van der Waals surface area contributed by atoms with Gasteiger partial charge in [-0.25, -0.2) is 0 Å². The quantitative estimate of drug-likeness (QED) is 0.485. The minimum Gasteiger partial charge on any atom is -0.280 e. The van der Waals surface area contributed by atoms with Gasteiger partial charge in [-0.1, -0.05) is 20.3 Å². The van der Waals surface area contributed by atoms with Gasteiger partial charge in [-0.15, -0.1) is 11.8 Å². The van der Waals surface area contributed by atoms with Crippen LogP contribution in [0.3, 0.4) is 0 Å². The first kappa shape index (κ1) is 11.1. The maximum absolute atomic E-state index is 4.68. The summed E-state index contributed by atoms with van der Waals surface area (Å²) in [6, 6.07) is 0.696. The fourth-order valence-electron chi connectivity index (χ4n) is 1.29. The third kappa shape index (κ3) is 5.35. The van der Waals surface area contributed by atoms with Gasteiger partial charge in [-0.2, -0.15) is 0 Å². The van der Waals surface area contributed by atoms with Crippen LogP contribution in [0.5, 0.6) is 0 Å². The van der Waals surface area contributed by atoms with Gasteiger partial charge in [0.1, 0.15) is 0 Å². The molecule has 0 N–H and O–H groups in total. The van der Waals surface area contributed by atoms with E-state index >= 15 is 0 Å². The third-order valence-corrected chi connectivity index (χ3v) is 3.06. The van der Waals surface area contributed by atoms with Crippen LogP contribution in [-0.2, 0) is 0 Å². The molecule has 0 bridgehead atoms. The second-order valence-electron chi connectivity index (χ2n) is 4.24. The molecule has 0 atom stereocenters. The highest BCUT2D eigenvalue weighted by atomic mass is 32.2. The highest BCUT2D eigenvalue weighted by Crippen LogP contribution is 2.26. The minimum atomic E-state index is 0.696. The molecule has 0 heterocycles. The number of nitrogens with zero attached hydrogens (tertiary/aromatic N) is 1. The number of hydrogen-bond donors (Lipinski definition) is 0. The van der Waals surface area contributed by atoms with Crippen LogP contribution in [0.4, 0.5) is 0 Å². The van der Waals surface area contributed by atoms with E-state index in [1.165, 1.54) is 37.1 Å². The lowest BCUT2D eigenvalue weighted by atomic mass is 10.1. The molecule has 1 nitrogen and oxygen atoms in total. The Labute approximate surface area is 86.4 Å². The number of hydrogen-bond acceptors (Lipinski definition) is 2. The van der Waals surface area contributed by atoms with Crippen LogP contribution in [0.2, 0.25) is 0 Å². The Hall–Kier alpha value is 0.0200. The second kappa shape index (κ2) is 5.69. The Morgan fingerprint density at radius 1 is 1.46 bits per heavy atom. The average Bonchev–Trinajstić information content (AvgIpc) is 2.86. The predicted molar refractivity (Wildman–Crippen MR) is 62.7 cm³/mol. The lowest BCUT2D eigenvalue weighted by molar-refractivity contribution is 0.565. The second-order valence-corrected chi connectivity index (χ2v) is 5.12. The van der Waals surface area contributed by atoms with E-state index in [0.29, 0.717) is 6.04 Å². The summed E-state index contributed by atoms with van der Waals surface area (Å²) in [7, 11) is 0. The topological polar surface area (TPSA) is 12.4 Å². The Balaban J connectivity index is 2.15. The van der Waals surface area contributed by atoms with Gasteiger partial charge in [0.05, 0.1) is 11.1 Å². The minimum absolute atomic E-state index is 0.696. The van der Waals surface area contributed by atoms with Gasteiger partial charge in [0.15, 0.2) is 0 Å². The molecule has 2 heteroatoms. The van der Waals surface area contributed by atoms with Crippen molar-refractivity contribution in [3.63, 3.8) is 0 Å². The first-order valence-electron chi connectivity index (χ1n) is 5.33. The van der Waals surface area contributed by atoms with Crippen molar-refractivity contribution in [1.29, 1.82) is 0 Å². The highest BCUT2D eigenvalue weighted by Gasteiger charge is 2.20. The van der Waals surface area contributed by atoms with Crippen molar-refractivity contribution in [2.24, 2.45) is 10.9 Å². The molecule has 0 spiro atoms. The Morgan fingerprint density at radius 2 is 2.15 bits per heavy atom. The van der Waals surface area contributed by atoms with Gasteiger partial charge < -0.3 is 0 Å². The van der Waals surface area contributed by atoms with E-state index in [9.17, 15) is 0 Å². The van der Waals surface area contributed by atoms with Crippen LogP contribution in [0.25, 0.3) is 0 Å². The van der Waals surface area contributed by atoms with E-state index in [1.54, 1.807) is 0 Å². The third-order valence-electron chi connectivity index (χ3n) is 2.28. The van der Waals surface area contributed by atoms with Crippen LogP contribution < -0.4 is 0 Å². The largest absolute Gasteiger partial charge is 0.280 e. The fourth-order valence-corrected chi connectivity index (χ4v) is 1.89. The summed E-state index contributed by atoms with van der Waals surface area (Å²) in [5, 5.41) is 1.38. The van der Waals surface area contributed by atoms with Gasteiger partial charge >= 0.3 is 0 Å². The molecule has 0 radical (unpaired) electrons. The predicted octanol–water partition coefficient (Wildman–Crippen LogP) is 3.74. The van der Waals surface area contributed by atoms with Crippen molar-refractivity contribution >= 4 is 16.8 Å². The summed E-state index contributed by atoms with van der Waals surface area (Å²) in [4.78, 5) is 4.68. The summed E-state index contributed by atoms with van der Waals surface area (Å²) in [6.45, 7) is 4.58. The summed E-state index contributed by atoms with van der Waals surface area (Å²) in [5.74, 6) is 0.837. The fraction of sp³-hybridized carbons (Fsp3) is 0.909. The molecule has 0 aromatic heterocycles. The molecule has 1 saturated carbocycles. The van der Waals surface area contributed by atoms with E-state index in [-0.39, 0.29) is 0 Å². The maximum Gasteiger partial charge on any atom is 0.0676 e. The molecule has 76 valence electrons. The molecule has 1 aliphatic carbocycles. The standard InChI is InChI=1S/C11H21NS/c1-9(2)5-4-6-11(13-3)12-10-7-8-10/h9-10H,4-8H2,1-3H3. The van der Waals surface area contributed by atoms with Crippen LogP contribution in [0.15, 0.2) is 4.99 Å². The van der Waals surface area contributed by atoms with E-state index in [4.69, 9.17) is 0 Å². The number of rotatable bonds is 5. The van der Waals surface area contributed by atoms with Crippen LogP contribution in [0, 0.1) is 5.92 Å². The van der Waals surface area contributed by atoms with Crippen molar-refractivity contribution in [3.8, 4) is 0 Å². The Morgan fingerprint density at radius 3 is 2.62 bits per heavy atom. The highest BCUT2D eigenvalue weighted by molar-refractivity contribution is 8.13. The molecule has 1 fully saturated rings. The van der Waals surface area contributed by atoms with Crippen molar-refractivity contribution in [1.82, 2.24) is 0 Å². The molecule has 0 amide bonds. The smallest absolute Gasteiger partial charge is 0.0676 e. The van der Waals surface area contributed by atoms with Gasteiger partial charge in [-0.3, -0.25) is 4.99 Å². The normalized spacial score (nSPS) is 18.3. The molecule has 0 saturated heterocycles. The zero-order chi connectivity index (χ0) is 9.68. The summed E-state index contributed by atoms with van der Waals surface area (Å²) in [6.07, 6.45) is 8.66. The molecule has 13 heavy (non-hydrogen) atoms. The monoisotopic (exact) mass is 199 g/mol. The molecule has 0 unspecified atom stereocenters. The van der Waals surface area contributed by atoms with Crippen molar-refractivity contribution < 1.29 is 0 Å². The van der Waals surface area contributed by atoms with Crippen LogP contribution >= 0.6 is 11.8 Å². The SMILES string of the molecule is CSC(CCCC(C)C)=NC1CC1. The molecule has 0 aliphatic heterocycles. The Bertz CT molecular complexity index is 171. The van der Waals surface area contributed by atoms with Crippen LogP contribution in [0.1, 0.15) is 46.0 Å². The van der Waals surface area contributed by atoms with E-state index in [0.717, 1.165) is 5.92 Å². The zero-order valence-corrected chi connectivity index (χ0v) is 9.86. The molecular weight excluding hydrogens is 178 g/mol. The van der Waals surface area contributed by atoms with Crippen molar-refractivity contribution in [2.45, 2.75) is 52.0 Å². The lowest BCUT2D eigenvalue weighted by Crippen LogP contribution is -1.96. The van der Waals surface area contributed by atoms with Crippen molar-refractivity contribution in [2.75, 3.05) is 6.26 Å². The van der Waals surface area contributed by atoms with E-state index in [2.05, 4.69) is 25.1 Å². The number of thioether (sulfide) groups is 1. The molecule has 0 aromatic rings. The van der Waals surface area contributed by atoms with Crippen LogP contribution in [-0.4, -0.2) is 17.3 Å². The first-order chi connectivity index (χ1) is 6.22. The molecule has 0 aromatic carbocycles. The maximum atomic E-state index is 4.68. The Kier molecular flexibility index (Phi) is 4.86. The zero-order valence-electron chi connectivity index (χ0n) is 9.05. The van der Waals surface area contributed by atoms with E-state index < -0.39 is 0 Å². The lowest BCUT2D eigenvalue weighted by Gasteiger charge is -2.05. The molecule has 1 rings (SSSR count). The van der Waals surface area contributed by atoms with E-state index in [1.807, 2.05) is 11.8 Å². The number of aliphatic imine (C=N–C) groups is 1. The van der Waals surface area contributed by atoms with Gasteiger partial charge in [0, 0.05) is 0 Å².